The zero-order valence-corrected chi connectivity index (χ0v) is 13.3. The molecule has 0 bridgehead atoms. The summed E-state index contributed by atoms with van der Waals surface area (Å²) >= 11 is 1.95. The van der Waals surface area contributed by atoms with Crippen LogP contribution in [0.3, 0.4) is 0 Å². The molecule has 1 saturated heterocycles. The van der Waals surface area contributed by atoms with Crippen LogP contribution >= 0.6 is 11.8 Å². The first kappa shape index (κ1) is 14.5. The lowest BCUT2D eigenvalue weighted by atomic mass is 9.74. The van der Waals surface area contributed by atoms with E-state index in [0.29, 0.717) is 12.6 Å². The molecule has 1 aromatic heterocycles. The molecular formula is C16H25NO2S. The molecule has 0 aromatic carbocycles. The molecule has 4 heteroatoms. The second kappa shape index (κ2) is 5.39. The summed E-state index contributed by atoms with van der Waals surface area (Å²) < 4.78 is 5.63. The van der Waals surface area contributed by atoms with E-state index in [2.05, 4.69) is 25.2 Å². The fourth-order valence-electron chi connectivity index (χ4n) is 3.40. The molecule has 0 amide bonds. The maximum atomic E-state index is 10.6. The van der Waals surface area contributed by atoms with Gasteiger partial charge in [-0.3, -0.25) is 0 Å². The van der Waals surface area contributed by atoms with Gasteiger partial charge in [-0.05, 0) is 42.2 Å². The highest BCUT2D eigenvalue weighted by Gasteiger charge is 2.36. The van der Waals surface area contributed by atoms with Crippen LogP contribution in [0.2, 0.25) is 0 Å². The smallest absolute Gasteiger partial charge is 0.109 e. The Kier molecular flexibility index (Phi) is 3.91. The molecule has 1 atom stereocenters. The van der Waals surface area contributed by atoms with Crippen molar-refractivity contribution in [1.82, 2.24) is 5.32 Å². The van der Waals surface area contributed by atoms with Crippen LogP contribution in [0, 0.1) is 5.41 Å². The van der Waals surface area contributed by atoms with Gasteiger partial charge < -0.3 is 14.8 Å². The SMILES string of the molecule is CC1(C)Cc2occc2C(NCC2(O)CCSCC2)C1. The topological polar surface area (TPSA) is 45.4 Å². The van der Waals surface area contributed by atoms with Gasteiger partial charge in [-0.1, -0.05) is 13.8 Å². The minimum absolute atomic E-state index is 0.257. The van der Waals surface area contributed by atoms with Crippen molar-refractivity contribution >= 4 is 11.8 Å². The van der Waals surface area contributed by atoms with Crippen LogP contribution in [0.4, 0.5) is 0 Å². The second-order valence-corrected chi connectivity index (χ2v) is 8.34. The quantitative estimate of drug-likeness (QED) is 0.899. The predicted molar refractivity (Wildman–Crippen MR) is 83.1 cm³/mol. The largest absolute Gasteiger partial charge is 0.469 e. The van der Waals surface area contributed by atoms with E-state index in [-0.39, 0.29) is 5.41 Å². The Bertz CT molecular complexity index is 463. The van der Waals surface area contributed by atoms with Gasteiger partial charge in [0.2, 0.25) is 0 Å². The van der Waals surface area contributed by atoms with Crippen LogP contribution in [0.1, 0.15) is 50.5 Å². The Hall–Kier alpha value is -0.450. The standard InChI is InChI=1S/C16H25NO2S/c1-15(2)9-13(12-3-6-19-14(12)10-15)17-11-16(18)4-7-20-8-5-16/h3,6,13,17-18H,4-5,7-11H2,1-2H3. The summed E-state index contributed by atoms with van der Waals surface area (Å²) in [7, 11) is 0. The molecule has 3 nitrogen and oxygen atoms in total. The highest BCUT2D eigenvalue weighted by Crippen LogP contribution is 2.41. The van der Waals surface area contributed by atoms with Crippen LogP contribution in [0.25, 0.3) is 0 Å². The molecule has 20 heavy (non-hydrogen) atoms. The molecule has 1 aliphatic heterocycles. The van der Waals surface area contributed by atoms with Gasteiger partial charge in [-0.25, -0.2) is 0 Å². The maximum absolute atomic E-state index is 10.6. The molecule has 1 aliphatic carbocycles. The lowest BCUT2D eigenvalue weighted by Gasteiger charge is -2.38. The number of rotatable bonds is 3. The molecule has 0 radical (unpaired) electrons. The van der Waals surface area contributed by atoms with Gasteiger partial charge in [0.25, 0.3) is 0 Å². The van der Waals surface area contributed by atoms with E-state index in [1.165, 1.54) is 5.56 Å². The van der Waals surface area contributed by atoms with Crippen LogP contribution in [0.5, 0.6) is 0 Å². The van der Waals surface area contributed by atoms with Crippen molar-refractivity contribution in [2.75, 3.05) is 18.1 Å². The molecular weight excluding hydrogens is 270 g/mol. The Labute approximate surface area is 125 Å². The number of hydrogen-bond donors (Lipinski definition) is 2. The molecule has 1 aromatic rings. The lowest BCUT2D eigenvalue weighted by Crippen LogP contribution is -2.45. The van der Waals surface area contributed by atoms with Gasteiger partial charge in [0.15, 0.2) is 0 Å². The summed E-state index contributed by atoms with van der Waals surface area (Å²) in [5.74, 6) is 3.27. The van der Waals surface area contributed by atoms with Crippen molar-refractivity contribution in [2.45, 2.75) is 51.2 Å². The third-order valence-electron chi connectivity index (χ3n) is 4.65. The number of furan rings is 1. The molecule has 1 fully saturated rings. The summed E-state index contributed by atoms with van der Waals surface area (Å²) in [4.78, 5) is 0. The van der Waals surface area contributed by atoms with E-state index in [0.717, 1.165) is 42.9 Å². The van der Waals surface area contributed by atoms with Crippen molar-refractivity contribution in [3.8, 4) is 0 Å². The lowest BCUT2D eigenvalue weighted by molar-refractivity contribution is 0.0271. The first-order valence-corrected chi connectivity index (χ1v) is 8.73. The number of hydrogen-bond acceptors (Lipinski definition) is 4. The minimum atomic E-state index is -0.517. The van der Waals surface area contributed by atoms with Crippen LogP contribution < -0.4 is 5.32 Å². The minimum Gasteiger partial charge on any atom is -0.469 e. The number of aliphatic hydroxyl groups is 1. The molecule has 112 valence electrons. The van der Waals surface area contributed by atoms with Gasteiger partial charge in [0, 0.05) is 24.6 Å². The van der Waals surface area contributed by atoms with Crippen molar-refractivity contribution in [3.63, 3.8) is 0 Å². The monoisotopic (exact) mass is 295 g/mol. The summed E-state index contributed by atoms with van der Waals surface area (Å²) in [6.45, 7) is 5.27. The highest BCUT2D eigenvalue weighted by molar-refractivity contribution is 7.99. The summed E-state index contributed by atoms with van der Waals surface area (Å²) in [5, 5.41) is 14.2. The Morgan fingerprint density at radius 1 is 1.40 bits per heavy atom. The zero-order chi connectivity index (χ0) is 14.2. The average molecular weight is 295 g/mol. The average Bonchev–Trinajstić information content (AvgIpc) is 2.83. The van der Waals surface area contributed by atoms with E-state index in [1.54, 1.807) is 6.26 Å². The van der Waals surface area contributed by atoms with E-state index >= 15 is 0 Å². The number of fused-ring (bicyclic) bond motifs is 1. The van der Waals surface area contributed by atoms with Crippen molar-refractivity contribution < 1.29 is 9.52 Å². The first-order valence-electron chi connectivity index (χ1n) is 7.57. The molecule has 1 unspecified atom stereocenters. The van der Waals surface area contributed by atoms with Crippen molar-refractivity contribution in [1.29, 1.82) is 0 Å². The third-order valence-corrected chi connectivity index (χ3v) is 5.64. The highest BCUT2D eigenvalue weighted by atomic mass is 32.2. The second-order valence-electron chi connectivity index (χ2n) is 7.11. The number of nitrogens with one attached hydrogen (secondary N) is 1. The van der Waals surface area contributed by atoms with Crippen molar-refractivity contribution in [3.05, 3.63) is 23.7 Å². The Morgan fingerprint density at radius 2 is 2.15 bits per heavy atom. The van der Waals surface area contributed by atoms with Crippen LogP contribution in [-0.4, -0.2) is 28.8 Å². The molecule has 0 spiro atoms. The fourth-order valence-corrected chi connectivity index (χ4v) is 4.65. The maximum Gasteiger partial charge on any atom is 0.109 e. The Morgan fingerprint density at radius 3 is 2.90 bits per heavy atom. The normalized spacial score (nSPS) is 28.1. The van der Waals surface area contributed by atoms with Crippen LogP contribution in [0.15, 0.2) is 16.7 Å². The summed E-state index contributed by atoms with van der Waals surface area (Å²) in [6, 6.07) is 2.40. The van der Waals surface area contributed by atoms with Gasteiger partial charge in [0.05, 0.1) is 11.9 Å². The van der Waals surface area contributed by atoms with E-state index in [4.69, 9.17) is 4.42 Å². The molecule has 0 saturated carbocycles. The summed E-state index contributed by atoms with van der Waals surface area (Å²) in [5.41, 5.74) is 1.03. The fraction of sp³-hybridized carbons (Fsp3) is 0.750. The predicted octanol–water partition coefficient (Wildman–Crippen LogP) is 3.14. The van der Waals surface area contributed by atoms with Gasteiger partial charge >= 0.3 is 0 Å². The number of thioether (sulfide) groups is 1. The molecule has 3 rings (SSSR count). The van der Waals surface area contributed by atoms with Gasteiger partial charge in [0.1, 0.15) is 5.76 Å². The van der Waals surface area contributed by atoms with Crippen molar-refractivity contribution in [2.24, 2.45) is 5.41 Å². The first-order chi connectivity index (χ1) is 9.48. The van der Waals surface area contributed by atoms with Gasteiger partial charge in [-0.15, -0.1) is 0 Å². The third kappa shape index (κ3) is 3.07. The van der Waals surface area contributed by atoms with Crippen LogP contribution in [-0.2, 0) is 6.42 Å². The van der Waals surface area contributed by atoms with Gasteiger partial charge in [-0.2, -0.15) is 11.8 Å². The molecule has 2 N–H and O–H groups in total. The molecule has 2 heterocycles. The van der Waals surface area contributed by atoms with E-state index in [1.807, 2.05) is 11.8 Å². The van der Waals surface area contributed by atoms with E-state index in [9.17, 15) is 5.11 Å². The van der Waals surface area contributed by atoms with E-state index < -0.39 is 5.60 Å². The zero-order valence-electron chi connectivity index (χ0n) is 12.4. The Balaban J connectivity index is 1.68. The summed E-state index contributed by atoms with van der Waals surface area (Å²) in [6.07, 6.45) is 5.71. The molecule has 2 aliphatic rings.